The van der Waals surface area contributed by atoms with Crippen LogP contribution in [0.2, 0.25) is 15.1 Å². The van der Waals surface area contributed by atoms with Crippen LogP contribution in [0.25, 0.3) is 0 Å². The van der Waals surface area contributed by atoms with Gasteiger partial charge in [0.25, 0.3) is 0 Å². The van der Waals surface area contributed by atoms with Gasteiger partial charge in [-0.05, 0) is 26.0 Å². The predicted octanol–water partition coefficient (Wildman–Crippen LogP) is 3.76. The van der Waals surface area contributed by atoms with Crippen molar-refractivity contribution in [1.82, 2.24) is 0 Å². The first-order valence-corrected chi connectivity index (χ1v) is 5.53. The van der Waals surface area contributed by atoms with Crippen molar-refractivity contribution in [1.29, 1.82) is 0 Å². The summed E-state index contributed by atoms with van der Waals surface area (Å²) in [6, 6.07) is 3.16. The zero-order chi connectivity index (χ0) is 11.6. The SMILES string of the molecule is CC(C)(CN)Oc1c(Cl)cc(Cl)cc1Cl. The molecule has 0 atom stereocenters. The van der Waals surface area contributed by atoms with E-state index in [1.54, 1.807) is 12.1 Å². The van der Waals surface area contributed by atoms with Gasteiger partial charge in [0.1, 0.15) is 5.60 Å². The molecule has 2 nitrogen and oxygen atoms in total. The highest BCUT2D eigenvalue weighted by molar-refractivity contribution is 6.40. The van der Waals surface area contributed by atoms with Crippen molar-refractivity contribution >= 4 is 34.8 Å². The Hall–Kier alpha value is -0.150. The number of hydrogen-bond acceptors (Lipinski definition) is 2. The second-order valence-electron chi connectivity index (χ2n) is 3.76. The van der Waals surface area contributed by atoms with Gasteiger partial charge in [-0.1, -0.05) is 34.8 Å². The molecule has 1 aromatic carbocycles. The van der Waals surface area contributed by atoms with Crippen molar-refractivity contribution in [2.45, 2.75) is 19.4 Å². The van der Waals surface area contributed by atoms with Gasteiger partial charge < -0.3 is 10.5 Å². The lowest BCUT2D eigenvalue weighted by molar-refractivity contribution is 0.119. The second-order valence-corrected chi connectivity index (χ2v) is 5.02. The highest BCUT2D eigenvalue weighted by atomic mass is 35.5. The molecule has 84 valence electrons. The first-order valence-electron chi connectivity index (χ1n) is 4.39. The van der Waals surface area contributed by atoms with Crippen molar-refractivity contribution in [2.24, 2.45) is 5.73 Å². The van der Waals surface area contributed by atoms with Crippen molar-refractivity contribution in [3.63, 3.8) is 0 Å². The maximum atomic E-state index is 5.96. The molecular weight excluding hydrogens is 256 g/mol. The summed E-state index contributed by atoms with van der Waals surface area (Å²) in [5.41, 5.74) is 5.03. The average Bonchev–Trinajstić information content (AvgIpc) is 2.11. The summed E-state index contributed by atoms with van der Waals surface area (Å²) in [5.74, 6) is 0.415. The van der Waals surface area contributed by atoms with E-state index in [1.807, 2.05) is 13.8 Å². The van der Waals surface area contributed by atoms with Gasteiger partial charge in [0.05, 0.1) is 10.0 Å². The smallest absolute Gasteiger partial charge is 0.157 e. The number of rotatable bonds is 3. The molecule has 0 aliphatic heterocycles. The molecule has 5 heteroatoms. The lowest BCUT2D eigenvalue weighted by atomic mass is 10.1. The molecule has 0 aromatic heterocycles. The highest BCUT2D eigenvalue weighted by Crippen LogP contribution is 2.37. The largest absolute Gasteiger partial charge is 0.483 e. The van der Waals surface area contributed by atoms with Crippen LogP contribution in [0.5, 0.6) is 5.75 Å². The van der Waals surface area contributed by atoms with E-state index < -0.39 is 5.60 Å². The van der Waals surface area contributed by atoms with Crippen LogP contribution >= 0.6 is 34.8 Å². The highest BCUT2D eigenvalue weighted by Gasteiger charge is 2.21. The van der Waals surface area contributed by atoms with Crippen molar-refractivity contribution in [2.75, 3.05) is 6.54 Å². The fourth-order valence-electron chi connectivity index (χ4n) is 0.944. The Morgan fingerprint density at radius 1 is 1.20 bits per heavy atom. The fourth-order valence-corrected chi connectivity index (χ4v) is 1.84. The van der Waals surface area contributed by atoms with E-state index in [-0.39, 0.29) is 0 Å². The van der Waals surface area contributed by atoms with E-state index in [0.717, 1.165) is 0 Å². The molecule has 0 spiro atoms. The number of hydrogen-bond donors (Lipinski definition) is 1. The van der Waals surface area contributed by atoms with E-state index in [0.29, 0.717) is 27.4 Å². The average molecular weight is 269 g/mol. The van der Waals surface area contributed by atoms with Crippen LogP contribution in [0.3, 0.4) is 0 Å². The molecule has 15 heavy (non-hydrogen) atoms. The molecule has 0 amide bonds. The molecular formula is C10H12Cl3NO. The Balaban J connectivity index is 3.05. The van der Waals surface area contributed by atoms with Crippen LogP contribution in [0.4, 0.5) is 0 Å². The molecule has 0 saturated heterocycles. The lowest BCUT2D eigenvalue weighted by Gasteiger charge is -2.25. The zero-order valence-electron chi connectivity index (χ0n) is 8.48. The number of nitrogens with two attached hydrogens (primary N) is 1. The number of ether oxygens (including phenoxy) is 1. The van der Waals surface area contributed by atoms with E-state index in [1.165, 1.54) is 0 Å². The van der Waals surface area contributed by atoms with Crippen LogP contribution in [0, 0.1) is 0 Å². The topological polar surface area (TPSA) is 35.2 Å². The molecule has 0 aliphatic carbocycles. The van der Waals surface area contributed by atoms with E-state index in [2.05, 4.69) is 0 Å². The minimum atomic E-state index is -0.513. The van der Waals surface area contributed by atoms with E-state index in [4.69, 9.17) is 45.3 Å². The summed E-state index contributed by atoms with van der Waals surface area (Å²) in [5, 5.41) is 1.24. The fraction of sp³-hybridized carbons (Fsp3) is 0.400. The monoisotopic (exact) mass is 267 g/mol. The maximum absolute atomic E-state index is 5.96. The van der Waals surface area contributed by atoms with Crippen LogP contribution in [-0.4, -0.2) is 12.1 Å². The Morgan fingerprint density at radius 2 is 1.67 bits per heavy atom. The Bertz CT molecular complexity index is 343. The number of benzene rings is 1. The summed E-state index contributed by atoms with van der Waals surface area (Å²) in [6.07, 6.45) is 0. The molecule has 1 aromatic rings. The maximum Gasteiger partial charge on any atom is 0.157 e. The minimum absolute atomic E-state index is 0.363. The third-order valence-electron chi connectivity index (χ3n) is 1.83. The quantitative estimate of drug-likeness (QED) is 0.906. The van der Waals surface area contributed by atoms with Gasteiger partial charge >= 0.3 is 0 Å². The summed E-state index contributed by atoms with van der Waals surface area (Å²) < 4.78 is 5.62. The standard InChI is InChI=1S/C10H12Cl3NO/c1-10(2,5-14)15-9-7(12)3-6(11)4-8(9)13/h3-4H,5,14H2,1-2H3. The van der Waals surface area contributed by atoms with Crippen molar-refractivity contribution in [3.05, 3.63) is 27.2 Å². The van der Waals surface area contributed by atoms with E-state index >= 15 is 0 Å². The second kappa shape index (κ2) is 4.79. The Morgan fingerprint density at radius 3 is 2.07 bits per heavy atom. The first kappa shape index (κ1) is 12.9. The third kappa shape index (κ3) is 3.42. The predicted molar refractivity (Wildman–Crippen MR) is 65.2 cm³/mol. The molecule has 0 bridgehead atoms. The molecule has 0 aliphatic rings. The Labute approximate surface area is 104 Å². The molecule has 2 N–H and O–H groups in total. The Kier molecular flexibility index (Phi) is 4.13. The van der Waals surface area contributed by atoms with Gasteiger partial charge in [0.15, 0.2) is 5.75 Å². The zero-order valence-corrected chi connectivity index (χ0v) is 10.7. The summed E-state index contributed by atoms with van der Waals surface area (Å²) in [4.78, 5) is 0. The summed E-state index contributed by atoms with van der Waals surface area (Å²) in [6.45, 7) is 4.07. The normalized spacial score (nSPS) is 11.6. The van der Waals surface area contributed by atoms with Crippen molar-refractivity contribution in [3.8, 4) is 5.75 Å². The molecule has 0 unspecified atom stereocenters. The van der Waals surface area contributed by atoms with Gasteiger partial charge in [-0.15, -0.1) is 0 Å². The lowest BCUT2D eigenvalue weighted by Crippen LogP contribution is -2.37. The number of halogens is 3. The molecule has 0 fully saturated rings. The van der Waals surface area contributed by atoms with E-state index in [9.17, 15) is 0 Å². The molecule has 0 radical (unpaired) electrons. The van der Waals surface area contributed by atoms with Crippen LogP contribution in [0.1, 0.15) is 13.8 Å². The van der Waals surface area contributed by atoms with Gasteiger partial charge in [-0.3, -0.25) is 0 Å². The molecule has 0 saturated carbocycles. The molecule has 0 heterocycles. The van der Waals surface area contributed by atoms with Gasteiger partial charge in [-0.25, -0.2) is 0 Å². The summed E-state index contributed by atoms with van der Waals surface area (Å²) >= 11 is 17.7. The van der Waals surface area contributed by atoms with Gasteiger partial charge in [0, 0.05) is 11.6 Å². The minimum Gasteiger partial charge on any atom is -0.483 e. The van der Waals surface area contributed by atoms with Crippen LogP contribution in [-0.2, 0) is 0 Å². The van der Waals surface area contributed by atoms with Crippen LogP contribution in [0.15, 0.2) is 12.1 Å². The molecule has 1 rings (SSSR count). The van der Waals surface area contributed by atoms with Crippen LogP contribution < -0.4 is 10.5 Å². The first-order chi connectivity index (χ1) is 6.85. The van der Waals surface area contributed by atoms with Gasteiger partial charge in [-0.2, -0.15) is 0 Å². The third-order valence-corrected chi connectivity index (χ3v) is 2.61. The summed E-state index contributed by atoms with van der Waals surface area (Å²) in [7, 11) is 0. The van der Waals surface area contributed by atoms with Crippen molar-refractivity contribution < 1.29 is 4.74 Å². The van der Waals surface area contributed by atoms with Gasteiger partial charge in [0.2, 0.25) is 0 Å².